The first-order valence-corrected chi connectivity index (χ1v) is 6.67. The number of anilines is 2. The number of aromatic hydroxyl groups is 2. The Morgan fingerprint density at radius 1 is 0.731 bits per heavy atom. The van der Waals surface area contributed by atoms with Crippen molar-refractivity contribution in [3.8, 4) is 11.5 Å². The number of phenolic OH excluding ortho intramolecular Hbond substituents is 2. The standard InChI is InChI=1S/C15H10F6N2O3/c16-14(17,18)7-3-10(23)11(24)2-6(7)13(26)5-1-9(22)12(25)4-8(5)15(19,20)21/h1-4,24-25H,22-23H2. The number of carbonyl (C=O) groups is 1. The molecule has 0 spiro atoms. The zero-order valence-electron chi connectivity index (χ0n) is 12.5. The van der Waals surface area contributed by atoms with Crippen molar-refractivity contribution in [2.75, 3.05) is 11.5 Å². The third kappa shape index (κ3) is 3.46. The Hall–Kier alpha value is -3.11. The van der Waals surface area contributed by atoms with Crippen LogP contribution in [-0.2, 0) is 12.4 Å². The average Bonchev–Trinajstić information content (AvgIpc) is 2.49. The van der Waals surface area contributed by atoms with Crippen LogP contribution in [0.15, 0.2) is 24.3 Å². The van der Waals surface area contributed by atoms with Crippen LogP contribution in [0.4, 0.5) is 37.7 Å². The Morgan fingerprint density at radius 2 is 1.12 bits per heavy atom. The topological polar surface area (TPSA) is 110 Å². The molecule has 0 heterocycles. The zero-order chi connectivity index (χ0) is 20.0. The van der Waals surface area contributed by atoms with Crippen molar-refractivity contribution in [1.82, 2.24) is 0 Å². The van der Waals surface area contributed by atoms with E-state index in [-0.39, 0.29) is 12.1 Å². The van der Waals surface area contributed by atoms with Crippen molar-refractivity contribution in [3.05, 3.63) is 46.5 Å². The SMILES string of the molecule is Nc1cc(C(F)(F)F)c(C(=O)c2cc(N)c(O)cc2C(F)(F)F)cc1O. The van der Waals surface area contributed by atoms with Gasteiger partial charge in [0.15, 0.2) is 5.78 Å². The van der Waals surface area contributed by atoms with E-state index in [2.05, 4.69) is 0 Å². The fraction of sp³-hybridized carbons (Fsp3) is 0.133. The highest BCUT2D eigenvalue weighted by Crippen LogP contribution is 2.41. The third-order valence-corrected chi connectivity index (χ3v) is 3.43. The Bertz CT molecular complexity index is 819. The zero-order valence-corrected chi connectivity index (χ0v) is 12.5. The van der Waals surface area contributed by atoms with E-state index in [1.807, 2.05) is 0 Å². The summed E-state index contributed by atoms with van der Waals surface area (Å²) in [6.45, 7) is 0. The second-order valence-electron chi connectivity index (χ2n) is 5.24. The van der Waals surface area contributed by atoms with Crippen LogP contribution in [0.25, 0.3) is 0 Å². The molecule has 0 aliphatic rings. The van der Waals surface area contributed by atoms with Crippen molar-refractivity contribution in [2.24, 2.45) is 0 Å². The van der Waals surface area contributed by atoms with Crippen LogP contribution in [0.3, 0.4) is 0 Å². The maximum Gasteiger partial charge on any atom is 0.417 e. The van der Waals surface area contributed by atoms with Gasteiger partial charge in [-0.15, -0.1) is 0 Å². The number of carbonyl (C=O) groups excluding carboxylic acids is 1. The number of hydrogen-bond donors (Lipinski definition) is 4. The smallest absolute Gasteiger partial charge is 0.417 e. The molecule has 2 rings (SSSR count). The molecular formula is C15H10F6N2O3. The predicted molar refractivity (Wildman–Crippen MR) is 78.5 cm³/mol. The number of rotatable bonds is 2. The molecule has 5 nitrogen and oxygen atoms in total. The second kappa shape index (κ2) is 6.00. The lowest BCUT2D eigenvalue weighted by Gasteiger charge is -2.17. The van der Waals surface area contributed by atoms with Gasteiger partial charge >= 0.3 is 12.4 Å². The lowest BCUT2D eigenvalue weighted by Crippen LogP contribution is -2.18. The number of phenols is 2. The van der Waals surface area contributed by atoms with Crippen molar-refractivity contribution in [1.29, 1.82) is 0 Å². The number of halogens is 6. The van der Waals surface area contributed by atoms with Crippen LogP contribution >= 0.6 is 0 Å². The van der Waals surface area contributed by atoms with Gasteiger partial charge in [-0.25, -0.2) is 0 Å². The molecule has 0 aromatic heterocycles. The Morgan fingerprint density at radius 3 is 1.62 bits per heavy atom. The monoisotopic (exact) mass is 380 g/mol. The minimum Gasteiger partial charge on any atom is -0.506 e. The molecule has 0 radical (unpaired) electrons. The third-order valence-electron chi connectivity index (χ3n) is 3.43. The van der Waals surface area contributed by atoms with Crippen LogP contribution in [0.5, 0.6) is 11.5 Å². The highest BCUT2D eigenvalue weighted by Gasteiger charge is 2.40. The molecule has 0 amide bonds. The van der Waals surface area contributed by atoms with Crippen molar-refractivity contribution in [2.45, 2.75) is 12.4 Å². The van der Waals surface area contributed by atoms with Crippen LogP contribution in [0, 0.1) is 0 Å². The average molecular weight is 380 g/mol. The number of nitrogens with two attached hydrogens (primary N) is 2. The summed E-state index contributed by atoms with van der Waals surface area (Å²) in [5.41, 5.74) is 3.30. The molecule has 0 fully saturated rings. The number of hydrogen-bond acceptors (Lipinski definition) is 5. The van der Waals surface area contributed by atoms with Crippen molar-refractivity contribution in [3.63, 3.8) is 0 Å². The number of benzene rings is 2. The van der Waals surface area contributed by atoms with Gasteiger partial charge in [-0.3, -0.25) is 4.79 Å². The summed E-state index contributed by atoms with van der Waals surface area (Å²) in [6.07, 6.45) is -10.3. The Labute approximate surface area is 141 Å². The van der Waals surface area contributed by atoms with Gasteiger partial charge in [0, 0.05) is 11.1 Å². The summed E-state index contributed by atoms with van der Waals surface area (Å²) < 4.78 is 78.8. The normalized spacial score (nSPS) is 12.2. The molecule has 0 atom stereocenters. The summed E-state index contributed by atoms with van der Waals surface area (Å²) in [5.74, 6) is -3.61. The fourth-order valence-corrected chi connectivity index (χ4v) is 2.20. The first-order chi connectivity index (χ1) is 11.7. The number of ketones is 1. The summed E-state index contributed by atoms with van der Waals surface area (Å²) >= 11 is 0. The van der Waals surface area contributed by atoms with E-state index in [1.54, 1.807) is 0 Å². The molecule has 2 aromatic carbocycles. The van der Waals surface area contributed by atoms with E-state index < -0.39 is 63.3 Å². The molecular weight excluding hydrogens is 370 g/mol. The predicted octanol–water partition coefficient (Wildman–Crippen LogP) is 3.53. The molecule has 2 aromatic rings. The Balaban J connectivity index is 2.79. The number of alkyl halides is 6. The molecule has 6 N–H and O–H groups in total. The van der Waals surface area contributed by atoms with E-state index in [0.29, 0.717) is 12.1 Å². The molecule has 0 bridgehead atoms. The van der Waals surface area contributed by atoms with Gasteiger partial charge in [-0.1, -0.05) is 0 Å². The molecule has 0 saturated heterocycles. The van der Waals surface area contributed by atoms with E-state index in [4.69, 9.17) is 11.5 Å². The Kier molecular flexibility index (Phi) is 4.44. The lowest BCUT2D eigenvalue weighted by molar-refractivity contribution is -0.138. The van der Waals surface area contributed by atoms with Gasteiger partial charge in [0.05, 0.1) is 22.5 Å². The molecule has 0 saturated carbocycles. The van der Waals surface area contributed by atoms with E-state index in [0.717, 1.165) is 0 Å². The van der Waals surface area contributed by atoms with Gasteiger partial charge in [0.1, 0.15) is 11.5 Å². The van der Waals surface area contributed by atoms with Crippen LogP contribution in [-0.4, -0.2) is 16.0 Å². The minimum absolute atomic E-state index is 0.132. The number of nitrogen functional groups attached to an aromatic ring is 2. The molecule has 0 unspecified atom stereocenters. The summed E-state index contributed by atoms with van der Waals surface area (Å²) in [5, 5.41) is 18.8. The van der Waals surface area contributed by atoms with Crippen LogP contribution in [0.2, 0.25) is 0 Å². The van der Waals surface area contributed by atoms with Crippen molar-refractivity contribution >= 4 is 17.2 Å². The first kappa shape index (κ1) is 19.2. The molecule has 0 aliphatic carbocycles. The summed E-state index contributed by atoms with van der Waals surface area (Å²) in [6, 6.07) is 1.10. The summed E-state index contributed by atoms with van der Waals surface area (Å²) in [7, 11) is 0. The fourth-order valence-electron chi connectivity index (χ4n) is 2.20. The van der Waals surface area contributed by atoms with Crippen LogP contribution < -0.4 is 11.5 Å². The van der Waals surface area contributed by atoms with Gasteiger partial charge in [-0.05, 0) is 24.3 Å². The first-order valence-electron chi connectivity index (χ1n) is 6.67. The van der Waals surface area contributed by atoms with Crippen molar-refractivity contribution < 1.29 is 41.4 Å². The highest BCUT2D eigenvalue weighted by atomic mass is 19.4. The molecule has 140 valence electrons. The van der Waals surface area contributed by atoms with E-state index >= 15 is 0 Å². The van der Waals surface area contributed by atoms with E-state index in [9.17, 15) is 41.4 Å². The largest absolute Gasteiger partial charge is 0.506 e. The quantitative estimate of drug-likeness (QED) is 0.276. The van der Waals surface area contributed by atoms with Gasteiger partial charge in [0.2, 0.25) is 0 Å². The maximum absolute atomic E-state index is 13.1. The van der Waals surface area contributed by atoms with Gasteiger partial charge < -0.3 is 21.7 Å². The minimum atomic E-state index is -5.16. The molecule has 11 heteroatoms. The maximum atomic E-state index is 13.1. The van der Waals surface area contributed by atoms with Gasteiger partial charge in [0.25, 0.3) is 0 Å². The summed E-state index contributed by atoms with van der Waals surface area (Å²) in [4.78, 5) is 12.4. The highest BCUT2D eigenvalue weighted by molar-refractivity contribution is 6.12. The van der Waals surface area contributed by atoms with Crippen LogP contribution in [0.1, 0.15) is 27.0 Å². The van der Waals surface area contributed by atoms with Gasteiger partial charge in [-0.2, -0.15) is 26.3 Å². The molecule has 26 heavy (non-hydrogen) atoms. The second-order valence-corrected chi connectivity index (χ2v) is 5.24. The van der Waals surface area contributed by atoms with E-state index in [1.165, 1.54) is 0 Å². The lowest BCUT2D eigenvalue weighted by atomic mass is 9.93. The molecule has 0 aliphatic heterocycles.